The maximum atomic E-state index is 9.28. The van der Waals surface area contributed by atoms with E-state index in [1.165, 1.54) is 5.56 Å². The number of phenols is 1. The molecule has 0 unspecified atom stereocenters. The third-order valence-corrected chi connectivity index (χ3v) is 2.80. The Balaban J connectivity index is 2.23. The first-order chi connectivity index (χ1) is 8.24. The van der Waals surface area contributed by atoms with E-state index < -0.39 is 0 Å². The topological polar surface area (TPSA) is 37.5 Å². The van der Waals surface area contributed by atoms with Crippen LogP contribution in [0.1, 0.15) is 5.56 Å². The van der Waals surface area contributed by atoms with Gasteiger partial charge in [0.1, 0.15) is 11.6 Å². The van der Waals surface area contributed by atoms with Crippen LogP contribution in [0.3, 0.4) is 0 Å². The molecule has 1 aromatic carbocycles. The van der Waals surface area contributed by atoms with Crippen molar-refractivity contribution in [2.24, 2.45) is 0 Å². The quantitative estimate of drug-likeness (QED) is 0.690. The van der Waals surface area contributed by atoms with E-state index in [0.29, 0.717) is 0 Å². The summed E-state index contributed by atoms with van der Waals surface area (Å²) in [7, 11) is 0. The van der Waals surface area contributed by atoms with Gasteiger partial charge in [0.25, 0.3) is 0 Å². The molecule has 0 aliphatic rings. The number of aromatic hydroxyl groups is 1. The predicted molar refractivity (Wildman–Crippen MR) is 67.0 cm³/mol. The number of hydrogen-bond acceptors (Lipinski definition) is 2. The number of aromatic nitrogens is 2. The Kier molecular flexibility index (Phi) is 2.11. The summed E-state index contributed by atoms with van der Waals surface area (Å²) in [5.74, 6) is 1.16. The molecule has 0 spiro atoms. The molecule has 3 heteroatoms. The van der Waals surface area contributed by atoms with Crippen LogP contribution in [-0.4, -0.2) is 14.5 Å². The molecule has 84 valence electrons. The molecule has 3 rings (SSSR count). The summed E-state index contributed by atoms with van der Waals surface area (Å²) in [5.41, 5.74) is 3.25. The smallest absolute Gasteiger partial charge is 0.144 e. The van der Waals surface area contributed by atoms with Gasteiger partial charge in [-0.25, -0.2) is 4.98 Å². The monoisotopic (exact) mass is 224 g/mol. The van der Waals surface area contributed by atoms with Crippen molar-refractivity contribution in [3.8, 4) is 17.1 Å². The van der Waals surface area contributed by atoms with Crippen LogP contribution < -0.4 is 0 Å². The third kappa shape index (κ3) is 1.65. The fraction of sp³-hybridized carbons (Fsp3) is 0.0714. The molecular formula is C14H12N2O. The number of fused-ring (bicyclic) bond motifs is 1. The summed E-state index contributed by atoms with van der Waals surface area (Å²) >= 11 is 0. The first kappa shape index (κ1) is 9.90. The van der Waals surface area contributed by atoms with E-state index in [2.05, 4.69) is 28.6 Å². The highest BCUT2D eigenvalue weighted by atomic mass is 16.3. The zero-order chi connectivity index (χ0) is 11.8. The lowest BCUT2D eigenvalue weighted by atomic mass is 10.2. The average molecular weight is 224 g/mol. The van der Waals surface area contributed by atoms with E-state index >= 15 is 0 Å². The van der Waals surface area contributed by atoms with E-state index in [9.17, 15) is 5.11 Å². The lowest BCUT2D eigenvalue weighted by molar-refractivity contribution is 0.475. The van der Waals surface area contributed by atoms with Gasteiger partial charge in [-0.15, -0.1) is 0 Å². The van der Waals surface area contributed by atoms with Crippen molar-refractivity contribution in [1.29, 1.82) is 0 Å². The van der Waals surface area contributed by atoms with Gasteiger partial charge in [-0.1, -0.05) is 6.07 Å². The molecule has 0 saturated heterocycles. The number of pyridine rings is 1. The molecule has 0 aliphatic heterocycles. The second-order valence-corrected chi connectivity index (χ2v) is 4.13. The van der Waals surface area contributed by atoms with Crippen molar-refractivity contribution in [3.63, 3.8) is 0 Å². The van der Waals surface area contributed by atoms with Crippen molar-refractivity contribution in [2.45, 2.75) is 6.92 Å². The number of imidazole rings is 1. The van der Waals surface area contributed by atoms with E-state index in [0.717, 1.165) is 16.9 Å². The van der Waals surface area contributed by atoms with Gasteiger partial charge in [0.2, 0.25) is 0 Å². The van der Waals surface area contributed by atoms with E-state index in [1.54, 1.807) is 12.1 Å². The number of hydrogen-bond donors (Lipinski definition) is 1. The van der Waals surface area contributed by atoms with Gasteiger partial charge in [0, 0.05) is 11.8 Å². The van der Waals surface area contributed by atoms with E-state index in [-0.39, 0.29) is 5.75 Å². The SMILES string of the molecule is Cc1ccc2cnc(-c3ccc(O)cc3)n2c1. The average Bonchev–Trinajstić information content (AvgIpc) is 2.73. The number of phenolic OH excluding ortho intramolecular Hbond substituents is 1. The van der Waals surface area contributed by atoms with Gasteiger partial charge in [-0.3, -0.25) is 4.40 Å². The van der Waals surface area contributed by atoms with Crippen LogP contribution in [0.2, 0.25) is 0 Å². The molecule has 0 radical (unpaired) electrons. The lowest BCUT2D eigenvalue weighted by Crippen LogP contribution is -1.89. The Morgan fingerprint density at radius 1 is 1.06 bits per heavy atom. The van der Waals surface area contributed by atoms with Crippen LogP contribution >= 0.6 is 0 Å². The summed E-state index contributed by atoms with van der Waals surface area (Å²) < 4.78 is 2.06. The number of nitrogens with zero attached hydrogens (tertiary/aromatic N) is 2. The first-order valence-corrected chi connectivity index (χ1v) is 5.47. The van der Waals surface area contributed by atoms with Crippen LogP contribution in [0.15, 0.2) is 48.8 Å². The van der Waals surface area contributed by atoms with Crippen molar-refractivity contribution >= 4 is 5.52 Å². The van der Waals surface area contributed by atoms with Gasteiger partial charge in [0.05, 0.1) is 11.7 Å². The summed E-state index contributed by atoms with van der Waals surface area (Å²) in [6.07, 6.45) is 3.91. The van der Waals surface area contributed by atoms with Gasteiger partial charge in [-0.05, 0) is 42.8 Å². The van der Waals surface area contributed by atoms with Gasteiger partial charge < -0.3 is 5.11 Å². The Morgan fingerprint density at radius 2 is 1.82 bits per heavy atom. The molecule has 0 amide bonds. The minimum Gasteiger partial charge on any atom is -0.508 e. The highest BCUT2D eigenvalue weighted by Gasteiger charge is 2.05. The van der Waals surface area contributed by atoms with Gasteiger partial charge in [-0.2, -0.15) is 0 Å². The van der Waals surface area contributed by atoms with Crippen LogP contribution in [0.25, 0.3) is 16.9 Å². The normalized spacial score (nSPS) is 10.9. The second-order valence-electron chi connectivity index (χ2n) is 4.13. The second kappa shape index (κ2) is 3.63. The predicted octanol–water partition coefficient (Wildman–Crippen LogP) is 3.02. The fourth-order valence-corrected chi connectivity index (χ4v) is 1.92. The summed E-state index contributed by atoms with van der Waals surface area (Å²) in [6, 6.07) is 11.2. The highest BCUT2D eigenvalue weighted by Crippen LogP contribution is 2.22. The highest BCUT2D eigenvalue weighted by molar-refractivity contribution is 5.63. The molecule has 17 heavy (non-hydrogen) atoms. The zero-order valence-electron chi connectivity index (χ0n) is 9.46. The minimum atomic E-state index is 0.269. The summed E-state index contributed by atoms with van der Waals surface area (Å²) in [4.78, 5) is 4.42. The van der Waals surface area contributed by atoms with Crippen LogP contribution in [-0.2, 0) is 0 Å². The summed E-state index contributed by atoms with van der Waals surface area (Å²) in [5, 5.41) is 9.28. The molecule has 0 atom stereocenters. The van der Waals surface area contributed by atoms with Crippen molar-refractivity contribution < 1.29 is 5.11 Å². The number of rotatable bonds is 1. The van der Waals surface area contributed by atoms with Gasteiger partial charge >= 0.3 is 0 Å². The van der Waals surface area contributed by atoms with Crippen LogP contribution in [0.4, 0.5) is 0 Å². The van der Waals surface area contributed by atoms with Crippen LogP contribution in [0.5, 0.6) is 5.75 Å². The molecule has 1 N–H and O–H groups in total. The zero-order valence-corrected chi connectivity index (χ0v) is 9.46. The molecule has 0 fully saturated rings. The Morgan fingerprint density at radius 3 is 2.59 bits per heavy atom. The lowest BCUT2D eigenvalue weighted by Gasteiger charge is -2.02. The third-order valence-electron chi connectivity index (χ3n) is 2.80. The maximum Gasteiger partial charge on any atom is 0.144 e. The molecular weight excluding hydrogens is 212 g/mol. The van der Waals surface area contributed by atoms with Crippen molar-refractivity contribution in [1.82, 2.24) is 9.38 Å². The fourth-order valence-electron chi connectivity index (χ4n) is 1.92. The van der Waals surface area contributed by atoms with E-state index in [4.69, 9.17) is 0 Å². The standard InChI is InChI=1S/C14H12N2O/c1-10-2-5-12-8-15-14(16(12)9-10)11-3-6-13(17)7-4-11/h2-9,17H,1H3. The Hall–Kier alpha value is -2.29. The molecule has 0 bridgehead atoms. The van der Waals surface area contributed by atoms with Crippen molar-refractivity contribution in [2.75, 3.05) is 0 Å². The number of benzene rings is 1. The number of aryl methyl sites for hydroxylation is 1. The summed E-state index contributed by atoms with van der Waals surface area (Å²) in [6.45, 7) is 2.06. The molecule has 0 saturated carbocycles. The molecule has 2 heterocycles. The Bertz CT molecular complexity index is 668. The minimum absolute atomic E-state index is 0.269. The van der Waals surface area contributed by atoms with Gasteiger partial charge in [0.15, 0.2) is 0 Å². The first-order valence-electron chi connectivity index (χ1n) is 5.47. The van der Waals surface area contributed by atoms with Crippen molar-refractivity contribution in [3.05, 3.63) is 54.4 Å². The molecule has 3 nitrogen and oxygen atoms in total. The largest absolute Gasteiger partial charge is 0.508 e. The molecule has 0 aliphatic carbocycles. The van der Waals surface area contributed by atoms with E-state index in [1.807, 2.05) is 24.4 Å². The van der Waals surface area contributed by atoms with Crippen LogP contribution in [0, 0.1) is 6.92 Å². The molecule has 2 aromatic heterocycles. The Labute approximate surface area is 99.0 Å². The maximum absolute atomic E-state index is 9.28. The molecule has 3 aromatic rings.